The molecule has 3 aromatic rings. The lowest BCUT2D eigenvalue weighted by molar-refractivity contribution is -0.128. The van der Waals surface area contributed by atoms with Crippen LogP contribution in [0.15, 0.2) is 46.4 Å². The van der Waals surface area contributed by atoms with Gasteiger partial charge in [0, 0.05) is 45.1 Å². The summed E-state index contributed by atoms with van der Waals surface area (Å²) < 4.78 is 7.53. The first-order valence-electron chi connectivity index (χ1n) is 10.0. The van der Waals surface area contributed by atoms with E-state index in [1.54, 1.807) is 24.7 Å². The van der Waals surface area contributed by atoms with Crippen LogP contribution < -0.4 is 4.90 Å². The molecule has 9 nitrogen and oxygen atoms in total. The van der Waals surface area contributed by atoms with Crippen molar-refractivity contribution in [2.45, 2.75) is 25.5 Å². The van der Waals surface area contributed by atoms with Gasteiger partial charge in [-0.15, -0.1) is 10.2 Å². The Morgan fingerprint density at radius 3 is 2.57 bits per heavy atom. The second-order valence-corrected chi connectivity index (χ2v) is 8.44. The van der Waals surface area contributed by atoms with Gasteiger partial charge in [-0.05, 0) is 24.1 Å². The summed E-state index contributed by atoms with van der Waals surface area (Å²) >= 11 is 1.42. The Bertz CT molecular complexity index is 951. The number of carbonyl (C=O) groups is 1. The Kier molecular flexibility index (Phi) is 6.32. The highest BCUT2D eigenvalue weighted by Crippen LogP contribution is 2.26. The number of nitrogens with zero attached hydrogens (tertiary/aromatic N) is 7. The van der Waals surface area contributed by atoms with Gasteiger partial charge in [0.2, 0.25) is 11.9 Å². The molecule has 4 heterocycles. The molecular formula is C20H25N7O2S. The van der Waals surface area contributed by atoms with Crippen LogP contribution in [0.4, 0.5) is 5.95 Å². The molecule has 0 aromatic carbocycles. The van der Waals surface area contributed by atoms with E-state index in [0.717, 1.165) is 24.8 Å². The third-order valence-corrected chi connectivity index (χ3v) is 5.75. The van der Waals surface area contributed by atoms with E-state index >= 15 is 0 Å². The first-order chi connectivity index (χ1) is 14.6. The van der Waals surface area contributed by atoms with Gasteiger partial charge < -0.3 is 14.2 Å². The molecule has 1 aliphatic rings. The molecule has 4 rings (SSSR count). The van der Waals surface area contributed by atoms with Gasteiger partial charge in [0.1, 0.15) is 0 Å². The third-order valence-electron chi connectivity index (χ3n) is 4.80. The summed E-state index contributed by atoms with van der Waals surface area (Å²) in [6.45, 7) is 7.82. The predicted octanol–water partition coefficient (Wildman–Crippen LogP) is 2.43. The molecule has 0 spiro atoms. The fourth-order valence-corrected chi connectivity index (χ4v) is 4.19. The molecule has 0 bridgehead atoms. The smallest absolute Gasteiger partial charge is 0.233 e. The molecule has 0 unspecified atom stereocenters. The van der Waals surface area contributed by atoms with Crippen LogP contribution in [-0.2, 0) is 11.3 Å². The second kappa shape index (κ2) is 9.29. The second-order valence-electron chi connectivity index (χ2n) is 7.49. The number of aromatic nitrogens is 5. The molecule has 158 valence electrons. The number of carbonyl (C=O) groups excluding carboxylic acids is 1. The topological polar surface area (TPSA) is 93.2 Å². The molecule has 0 aliphatic carbocycles. The van der Waals surface area contributed by atoms with E-state index in [0.29, 0.717) is 42.3 Å². The largest absolute Gasteiger partial charge is 0.461 e. The van der Waals surface area contributed by atoms with Gasteiger partial charge in [-0.1, -0.05) is 25.6 Å². The van der Waals surface area contributed by atoms with Crippen molar-refractivity contribution in [1.82, 2.24) is 29.6 Å². The highest BCUT2D eigenvalue weighted by atomic mass is 32.2. The number of piperazine rings is 1. The summed E-state index contributed by atoms with van der Waals surface area (Å²) in [5.74, 6) is 2.94. The number of furan rings is 1. The molecule has 1 aliphatic heterocycles. The fourth-order valence-electron chi connectivity index (χ4n) is 3.34. The number of amides is 1. The third kappa shape index (κ3) is 4.64. The molecule has 1 amide bonds. The zero-order valence-corrected chi connectivity index (χ0v) is 18.0. The molecule has 3 aromatic heterocycles. The number of rotatable bonds is 7. The molecule has 10 heteroatoms. The van der Waals surface area contributed by atoms with Gasteiger partial charge in [0.25, 0.3) is 0 Å². The van der Waals surface area contributed by atoms with Crippen LogP contribution >= 0.6 is 11.8 Å². The Labute approximate surface area is 179 Å². The summed E-state index contributed by atoms with van der Waals surface area (Å²) in [7, 11) is 0. The van der Waals surface area contributed by atoms with Gasteiger partial charge in [-0.2, -0.15) is 0 Å². The van der Waals surface area contributed by atoms with Crippen LogP contribution in [0.1, 0.15) is 13.8 Å². The Hall–Kier alpha value is -2.88. The van der Waals surface area contributed by atoms with E-state index in [-0.39, 0.29) is 5.91 Å². The predicted molar refractivity (Wildman–Crippen MR) is 114 cm³/mol. The summed E-state index contributed by atoms with van der Waals surface area (Å²) in [5.41, 5.74) is 0. The lowest BCUT2D eigenvalue weighted by atomic mass is 10.2. The maximum atomic E-state index is 12.8. The van der Waals surface area contributed by atoms with Gasteiger partial charge >= 0.3 is 0 Å². The molecule has 0 radical (unpaired) electrons. The van der Waals surface area contributed by atoms with Crippen molar-refractivity contribution in [2.75, 3.05) is 36.8 Å². The average Bonchev–Trinajstić information content (AvgIpc) is 3.42. The van der Waals surface area contributed by atoms with Crippen LogP contribution in [0, 0.1) is 5.92 Å². The SMILES string of the molecule is CC(C)Cn1c(SCC(=O)N2CCN(c3ncccn3)CC2)nnc1-c1ccco1. The maximum Gasteiger partial charge on any atom is 0.233 e. The van der Waals surface area contributed by atoms with E-state index in [9.17, 15) is 4.79 Å². The van der Waals surface area contributed by atoms with Crippen molar-refractivity contribution in [3.8, 4) is 11.6 Å². The Morgan fingerprint density at radius 1 is 1.13 bits per heavy atom. The minimum absolute atomic E-state index is 0.104. The van der Waals surface area contributed by atoms with Crippen LogP contribution in [0.25, 0.3) is 11.6 Å². The molecule has 0 saturated carbocycles. The maximum absolute atomic E-state index is 12.8. The molecule has 1 fully saturated rings. The highest BCUT2D eigenvalue weighted by Gasteiger charge is 2.24. The number of anilines is 1. The van der Waals surface area contributed by atoms with E-state index < -0.39 is 0 Å². The highest BCUT2D eigenvalue weighted by molar-refractivity contribution is 7.99. The lowest BCUT2D eigenvalue weighted by Gasteiger charge is -2.34. The van der Waals surface area contributed by atoms with Crippen molar-refractivity contribution in [3.63, 3.8) is 0 Å². The molecular weight excluding hydrogens is 402 g/mol. The normalized spacial score (nSPS) is 14.5. The van der Waals surface area contributed by atoms with E-state index in [1.807, 2.05) is 21.6 Å². The number of hydrogen-bond acceptors (Lipinski definition) is 8. The summed E-state index contributed by atoms with van der Waals surface area (Å²) in [6.07, 6.45) is 5.10. The summed E-state index contributed by atoms with van der Waals surface area (Å²) in [5, 5.41) is 9.35. The average molecular weight is 428 g/mol. The van der Waals surface area contributed by atoms with Crippen LogP contribution in [0.2, 0.25) is 0 Å². The monoisotopic (exact) mass is 427 g/mol. The summed E-state index contributed by atoms with van der Waals surface area (Å²) in [6, 6.07) is 5.51. The van der Waals surface area contributed by atoms with E-state index in [1.165, 1.54) is 11.8 Å². The van der Waals surface area contributed by atoms with Gasteiger partial charge in [-0.3, -0.25) is 9.36 Å². The van der Waals surface area contributed by atoms with Crippen LogP contribution in [0.3, 0.4) is 0 Å². The van der Waals surface area contributed by atoms with Gasteiger partial charge in [-0.25, -0.2) is 9.97 Å². The van der Waals surface area contributed by atoms with E-state index in [4.69, 9.17) is 4.42 Å². The van der Waals surface area contributed by atoms with Crippen molar-refractivity contribution in [3.05, 3.63) is 36.9 Å². The minimum atomic E-state index is 0.104. The summed E-state index contributed by atoms with van der Waals surface area (Å²) in [4.78, 5) is 25.3. The van der Waals surface area contributed by atoms with Crippen molar-refractivity contribution < 1.29 is 9.21 Å². The van der Waals surface area contributed by atoms with Crippen molar-refractivity contribution in [2.24, 2.45) is 5.92 Å². The molecule has 0 atom stereocenters. The van der Waals surface area contributed by atoms with Crippen LogP contribution in [0.5, 0.6) is 0 Å². The number of hydrogen-bond donors (Lipinski definition) is 0. The molecule has 1 saturated heterocycles. The standard InChI is InChI=1S/C20H25N7O2S/c1-15(2)13-27-18(16-5-3-12-29-16)23-24-20(27)30-14-17(28)25-8-10-26(11-9-25)19-21-6-4-7-22-19/h3-7,12,15H,8-11,13-14H2,1-2H3. The van der Waals surface area contributed by atoms with Crippen LogP contribution in [-0.4, -0.2) is 67.5 Å². The zero-order valence-electron chi connectivity index (χ0n) is 17.1. The lowest BCUT2D eigenvalue weighted by Crippen LogP contribution is -2.49. The first-order valence-corrected chi connectivity index (χ1v) is 11.0. The first kappa shape index (κ1) is 20.4. The van der Waals surface area contributed by atoms with Gasteiger partial charge in [0.15, 0.2) is 16.7 Å². The molecule has 0 N–H and O–H groups in total. The van der Waals surface area contributed by atoms with Crippen molar-refractivity contribution in [1.29, 1.82) is 0 Å². The van der Waals surface area contributed by atoms with Gasteiger partial charge in [0.05, 0.1) is 12.0 Å². The minimum Gasteiger partial charge on any atom is -0.461 e. The Balaban J connectivity index is 1.36. The number of thioether (sulfide) groups is 1. The van der Waals surface area contributed by atoms with E-state index in [2.05, 4.69) is 38.9 Å². The molecule has 30 heavy (non-hydrogen) atoms. The quantitative estimate of drug-likeness (QED) is 0.531. The fraction of sp³-hybridized carbons (Fsp3) is 0.450. The zero-order chi connectivity index (χ0) is 20.9. The van der Waals surface area contributed by atoms with Crippen molar-refractivity contribution >= 4 is 23.6 Å². The Morgan fingerprint density at radius 2 is 1.90 bits per heavy atom.